The van der Waals surface area contributed by atoms with Gasteiger partial charge < -0.3 is 0 Å². The van der Waals surface area contributed by atoms with Gasteiger partial charge in [-0.15, -0.1) is 0 Å². The van der Waals surface area contributed by atoms with Crippen molar-refractivity contribution >= 4 is 16.1 Å². The van der Waals surface area contributed by atoms with Crippen molar-refractivity contribution in [3.8, 4) is 0 Å². The van der Waals surface area contributed by atoms with Gasteiger partial charge in [0.1, 0.15) is 0 Å². The van der Waals surface area contributed by atoms with Gasteiger partial charge >= 0.3 is 0 Å². The number of hydrogen-bond acceptors (Lipinski definition) is 1. The van der Waals surface area contributed by atoms with Crippen molar-refractivity contribution in [3.63, 3.8) is 0 Å². The molecule has 1 aliphatic rings. The van der Waals surface area contributed by atoms with Crippen LogP contribution in [0.15, 0.2) is 0 Å². The summed E-state index contributed by atoms with van der Waals surface area (Å²) >= 11 is 3.35. The zero-order valence-electron chi connectivity index (χ0n) is 3.98. The largest absolute Gasteiger partial charge is 0.234 e. The summed E-state index contributed by atoms with van der Waals surface area (Å²) in [7, 11) is 0. The first-order valence-corrected chi connectivity index (χ1v) is 2.88. The molecule has 0 amide bonds. The summed E-state index contributed by atoms with van der Waals surface area (Å²) in [5.41, 5.74) is 0. The molecule has 0 aromatic heterocycles. The van der Waals surface area contributed by atoms with Gasteiger partial charge in [-0.05, 0) is 13.8 Å². The standard InChI is InChI=1S/C4H8BrN/c1-3-4(2)6(3)5/h3-4H,1-2H3/t3-,4-/m0/s1. The monoisotopic (exact) mass is 149 g/mol. The number of hydrogen-bond donors (Lipinski definition) is 0. The quantitative estimate of drug-likeness (QED) is 0.372. The Bertz CT molecular complexity index is 44.3. The maximum absolute atomic E-state index is 3.35. The van der Waals surface area contributed by atoms with Crippen molar-refractivity contribution in [2.75, 3.05) is 0 Å². The molecule has 0 radical (unpaired) electrons. The molecule has 36 valence electrons. The second kappa shape index (κ2) is 1.20. The van der Waals surface area contributed by atoms with E-state index in [0.29, 0.717) is 0 Å². The molecule has 0 aliphatic carbocycles. The molecule has 1 fully saturated rings. The topological polar surface area (TPSA) is 3.01 Å². The summed E-state index contributed by atoms with van der Waals surface area (Å²) in [6.07, 6.45) is 0. The van der Waals surface area contributed by atoms with Crippen molar-refractivity contribution in [2.24, 2.45) is 0 Å². The van der Waals surface area contributed by atoms with Crippen LogP contribution in [-0.4, -0.2) is 16.0 Å². The molecule has 1 saturated heterocycles. The Morgan fingerprint density at radius 2 is 1.50 bits per heavy atom. The second-order valence-electron chi connectivity index (χ2n) is 1.83. The van der Waals surface area contributed by atoms with Gasteiger partial charge in [0, 0.05) is 28.2 Å². The van der Waals surface area contributed by atoms with E-state index in [1.54, 1.807) is 0 Å². The highest BCUT2D eigenvalue weighted by atomic mass is 79.9. The van der Waals surface area contributed by atoms with Gasteiger partial charge in [-0.25, -0.2) is 3.93 Å². The molecule has 0 N–H and O–H groups in total. The molecule has 0 spiro atoms. The first-order chi connectivity index (χ1) is 2.73. The lowest BCUT2D eigenvalue weighted by atomic mass is 10.4. The maximum Gasteiger partial charge on any atom is 0.0343 e. The van der Waals surface area contributed by atoms with Crippen molar-refractivity contribution in [1.29, 1.82) is 0 Å². The van der Waals surface area contributed by atoms with Gasteiger partial charge in [-0.1, -0.05) is 0 Å². The Morgan fingerprint density at radius 1 is 1.33 bits per heavy atom. The number of rotatable bonds is 0. The fourth-order valence-corrected chi connectivity index (χ4v) is 1.04. The van der Waals surface area contributed by atoms with E-state index in [1.165, 1.54) is 0 Å². The fraction of sp³-hybridized carbons (Fsp3) is 1.00. The Labute approximate surface area is 46.7 Å². The van der Waals surface area contributed by atoms with E-state index in [0.717, 1.165) is 12.1 Å². The zero-order valence-corrected chi connectivity index (χ0v) is 5.57. The first-order valence-electron chi connectivity index (χ1n) is 2.17. The lowest BCUT2D eigenvalue weighted by Gasteiger charge is -1.73. The van der Waals surface area contributed by atoms with Crippen LogP contribution in [0.5, 0.6) is 0 Å². The van der Waals surface area contributed by atoms with Crippen molar-refractivity contribution in [3.05, 3.63) is 0 Å². The molecular formula is C4H8BrN. The average Bonchev–Trinajstić information content (AvgIpc) is 1.94. The molecule has 0 aromatic carbocycles. The predicted octanol–water partition coefficient (Wildman–Crippen LogP) is 1.39. The minimum Gasteiger partial charge on any atom is -0.234 e. The highest BCUT2D eigenvalue weighted by molar-refractivity contribution is 9.07. The van der Waals surface area contributed by atoms with E-state index in [9.17, 15) is 0 Å². The first kappa shape index (κ1) is 4.60. The van der Waals surface area contributed by atoms with Crippen LogP contribution in [0, 0.1) is 0 Å². The maximum atomic E-state index is 3.35. The Kier molecular flexibility index (Phi) is 0.922. The summed E-state index contributed by atoms with van der Waals surface area (Å²) in [5, 5.41) is 0. The molecule has 2 heteroatoms. The van der Waals surface area contributed by atoms with Crippen LogP contribution >= 0.6 is 16.1 Å². The van der Waals surface area contributed by atoms with Crippen LogP contribution in [0.4, 0.5) is 0 Å². The lowest BCUT2D eigenvalue weighted by Crippen LogP contribution is -1.74. The summed E-state index contributed by atoms with van der Waals surface area (Å²) in [6, 6.07) is 1.54. The molecule has 0 saturated carbocycles. The van der Waals surface area contributed by atoms with E-state index >= 15 is 0 Å². The minimum absolute atomic E-state index is 0.769. The second-order valence-corrected chi connectivity index (χ2v) is 2.64. The van der Waals surface area contributed by atoms with Crippen molar-refractivity contribution in [2.45, 2.75) is 25.9 Å². The molecule has 1 rings (SSSR count). The van der Waals surface area contributed by atoms with E-state index in [2.05, 4.69) is 33.9 Å². The Hall–Kier alpha value is 0.440. The van der Waals surface area contributed by atoms with Gasteiger partial charge in [-0.2, -0.15) is 0 Å². The number of halogens is 1. The van der Waals surface area contributed by atoms with Gasteiger partial charge in [0.05, 0.1) is 0 Å². The van der Waals surface area contributed by atoms with Crippen LogP contribution in [0.3, 0.4) is 0 Å². The Morgan fingerprint density at radius 3 is 1.50 bits per heavy atom. The third-order valence-electron chi connectivity index (χ3n) is 1.39. The van der Waals surface area contributed by atoms with Gasteiger partial charge in [0.15, 0.2) is 0 Å². The van der Waals surface area contributed by atoms with Gasteiger partial charge in [0.2, 0.25) is 0 Å². The molecule has 1 heterocycles. The van der Waals surface area contributed by atoms with Crippen LogP contribution < -0.4 is 0 Å². The molecule has 0 bridgehead atoms. The third kappa shape index (κ3) is 0.482. The summed E-state index contributed by atoms with van der Waals surface area (Å²) in [4.78, 5) is 0. The van der Waals surface area contributed by atoms with E-state index in [4.69, 9.17) is 0 Å². The summed E-state index contributed by atoms with van der Waals surface area (Å²) in [5.74, 6) is 0. The Balaban J connectivity index is 2.31. The molecule has 1 aliphatic heterocycles. The highest BCUT2D eigenvalue weighted by Gasteiger charge is 2.37. The molecule has 6 heavy (non-hydrogen) atoms. The smallest absolute Gasteiger partial charge is 0.0343 e. The summed E-state index contributed by atoms with van der Waals surface area (Å²) in [6.45, 7) is 4.39. The van der Waals surface area contributed by atoms with E-state index in [1.807, 2.05) is 0 Å². The van der Waals surface area contributed by atoms with Gasteiger partial charge in [-0.3, -0.25) is 0 Å². The van der Waals surface area contributed by atoms with E-state index < -0.39 is 0 Å². The molecular weight excluding hydrogens is 142 g/mol. The molecule has 2 atom stereocenters. The molecule has 0 aromatic rings. The number of nitrogens with zero attached hydrogens (tertiary/aromatic N) is 1. The minimum atomic E-state index is 0.769. The lowest BCUT2D eigenvalue weighted by molar-refractivity contribution is 0.842. The van der Waals surface area contributed by atoms with Crippen LogP contribution in [0.2, 0.25) is 0 Å². The molecule has 0 unspecified atom stereocenters. The van der Waals surface area contributed by atoms with Crippen LogP contribution in [0.1, 0.15) is 13.8 Å². The SMILES string of the molecule is C[C@H]1[C@H](C)N1Br. The zero-order chi connectivity index (χ0) is 4.73. The molecule has 1 nitrogen and oxygen atoms in total. The fourth-order valence-electron chi connectivity index (χ4n) is 0.459. The summed E-state index contributed by atoms with van der Waals surface area (Å²) < 4.78 is 2.15. The normalized spacial score (nSPS) is 55.5. The third-order valence-corrected chi connectivity index (χ3v) is 2.68. The highest BCUT2D eigenvalue weighted by Crippen LogP contribution is 2.30. The predicted molar refractivity (Wildman–Crippen MR) is 29.7 cm³/mol. The van der Waals surface area contributed by atoms with E-state index in [-0.39, 0.29) is 0 Å². The van der Waals surface area contributed by atoms with Gasteiger partial charge in [0.25, 0.3) is 0 Å². The van der Waals surface area contributed by atoms with Crippen LogP contribution in [-0.2, 0) is 0 Å². The van der Waals surface area contributed by atoms with Crippen molar-refractivity contribution < 1.29 is 0 Å². The van der Waals surface area contributed by atoms with Crippen molar-refractivity contribution in [1.82, 2.24) is 3.93 Å². The average molecular weight is 150 g/mol. The van der Waals surface area contributed by atoms with Crippen LogP contribution in [0.25, 0.3) is 0 Å².